The molecule has 2 aliphatic rings. The Bertz CT molecular complexity index is 686. The second-order valence-electron chi connectivity index (χ2n) is 6.48. The van der Waals surface area contributed by atoms with Crippen LogP contribution >= 0.6 is 0 Å². The van der Waals surface area contributed by atoms with E-state index in [2.05, 4.69) is 4.72 Å². The Morgan fingerprint density at radius 2 is 2.09 bits per heavy atom. The zero-order chi connectivity index (χ0) is 16.4. The fourth-order valence-electron chi connectivity index (χ4n) is 2.81. The number of sulfonamides is 1. The summed E-state index contributed by atoms with van der Waals surface area (Å²) in [7, 11) is -3.56. The summed E-state index contributed by atoms with van der Waals surface area (Å²) in [5.41, 5.74) is 6.31. The van der Waals surface area contributed by atoms with Crippen LogP contribution in [0.5, 0.6) is 0 Å². The van der Waals surface area contributed by atoms with E-state index in [1.54, 1.807) is 17.0 Å². The first-order valence-corrected chi connectivity index (χ1v) is 9.58. The first-order valence-electron chi connectivity index (χ1n) is 8.10. The lowest BCUT2D eigenvalue weighted by Crippen LogP contribution is -2.45. The molecule has 6 nitrogen and oxygen atoms in total. The summed E-state index contributed by atoms with van der Waals surface area (Å²) in [4.78, 5) is 14.4. The van der Waals surface area contributed by atoms with E-state index in [4.69, 9.17) is 5.73 Å². The zero-order valence-electron chi connectivity index (χ0n) is 13.1. The molecule has 1 aliphatic carbocycles. The first kappa shape index (κ1) is 16.4. The van der Waals surface area contributed by atoms with Crippen LogP contribution in [0.1, 0.15) is 36.0 Å². The number of piperidine rings is 1. The fraction of sp³-hybridized carbons (Fsp3) is 0.562. The van der Waals surface area contributed by atoms with E-state index >= 15 is 0 Å². The molecule has 7 heteroatoms. The Hall–Kier alpha value is -1.44. The van der Waals surface area contributed by atoms with Gasteiger partial charge in [0, 0.05) is 31.2 Å². The summed E-state index contributed by atoms with van der Waals surface area (Å²) in [5, 5.41) is 0. The van der Waals surface area contributed by atoms with Gasteiger partial charge < -0.3 is 10.6 Å². The third kappa shape index (κ3) is 4.10. The van der Waals surface area contributed by atoms with Crippen LogP contribution in [0.4, 0.5) is 0 Å². The minimum Gasteiger partial charge on any atom is -0.337 e. The van der Waals surface area contributed by atoms with Gasteiger partial charge in [-0.1, -0.05) is 6.07 Å². The summed E-state index contributed by atoms with van der Waals surface area (Å²) in [6.07, 6.45) is 3.96. The van der Waals surface area contributed by atoms with Crippen LogP contribution in [-0.2, 0) is 10.0 Å². The number of nitrogens with one attached hydrogen (secondary N) is 1. The SMILES string of the molecule is NC1CCCN(C(=O)c2cccc(S(=O)(=O)NCC3CC3)c2)C1. The highest BCUT2D eigenvalue weighted by molar-refractivity contribution is 7.89. The van der Waals surface area contributed by atoms with Gasteiger partial charge in [-0.25, -0.2) is 13.1 Å². The summed E-state index contributed by atoms with van der Waals surface area (Å²) in [6.45, 7) is 1.67. The topological polar surface area (TPSA) is 92.5 Å². The molecule has 1 atom stereocenters. The molecule has 0 spiro atoms. The molecule has 3 rings (SSSR count). The minimum atomic E-state index is -3.56. The third-order valence-corrected chi connectivity index (χ3v) is 5.82. The Balaban J connectivity index is 1.74. The van der Waals surface area contributed by atoms with Crippen molar-refractivity contribution in [1.82, 2.24) is 9.62 Å². The van der Waals surface area contributed by atoms with Crippen molar-refractivity contribution in [2.24, 2.45) is 11.7 Å². The quantitative estimate of drug-likeness (QED) is 0.836. The maximum absolute atomic E-state index is 12.6. The molecular formula is C16H23N3O3S. The average molecular weight is 337 g/mol. The van der Waals surface area contributed by atoms with Crippen molar-refractivity contribution < 1.29 is 13.2 Å². The van der Waals surface area contributed by atoms with Gasteiger partial charge in [-0.05, 0) is 49.8 Å². The van der Waals surface area contributed by atoms with Gasteiger partial charge in [0.05, 0.1) is 4.90 Å². The van der Waals surface area contributed by atoms with Crippen LogP contribution in [0, 0.1) is 5.92 Å². The normalized spacial score (nSPS) is 22.1. The van der Waals surface area contributed by atoms with Crippen molar-refractivity contribution in [3.63, 3.8) is 0 Å². The second kappa shape index (κ2) is 6.59. The van der Waals surface area contributed by atoms with E-state index in [0.29, 0.717) is 31.1 Å². The third-order valence-electron chi connectivity index (χ3n) is 4.40. The van der Waals surface area contributed by atoms with Gasteiger partial charge >= 0.3 is 0 Å². The highest BCUT2D eigenvalue weighted by atomic mass is 32.2. The largest absolute Gasteiger partial charge is 0.337 e. The number of benzene rings is 1. The van der Waals surface area contributed by atoms with Crippen LogP contribution in [-0.4, -0.2) is 44.9 Å². The van der Waals surface area contributed by atoms with Gasteiger partial charge in [-0.3, -0.25) is 4.79 Å². The summed E-state index contributed by atoms with van der Waals surface area (Å²) < 4.78 is 27.2. The van der Waals surface area contributed by atoms with E-state index in [1.165, 1.54) is 12.1 Å². The summed E-state index contributed by atoms with van der Waals surface area (Å²) in [5.74, 6) is 0.309. The second-order valence-corrected chi connectivity index (χ2v) is 8.24. The van der Waals surface area contributed by atoms with Crippen molar-refractivity contribution in [3.05, 3.63) is 29.8 Å². The van der Waals surface area contributed by atoms with Gasteiger partial charge in [-0.15, -0.1) is 0 Å². The van der Waals surface area contributed by atoms with Crippen molar-refractivity contribution in [1.29, 1.82) is 0 Å². The van der Waals surface area contributed by atoms with Crippen molar-refractivity contribution in [2.75, 3.05) is 19.6 Å². The van der Waals surface area contributed by atoms with Gasteiger partial charge in [0.25, 0.3) is 5.91 Å². The van der Waals surface area contributed by atoms with Crippen molar-refractivity contribution >= 4 is 15.9 Å². The number of carbonyl (C=O) groups is 1. The Labute approximate surface area is 137 Å². The average Bonchev–Trinajstić information content (AvgIpc) is 3.37. The lowest BCUT2D eigenvalue weighted by Gasteiger charge is -2.30. The maximum Gasteiger partial charge on any atom is 0.253 e. The molecule has 1 saturated heterocycles. The Morgan fingerprint density at radius 3 is 2.78 bits per heavy atom. The molecule has 1 saturated carbocycles. The molecule has 2 fully saturated rings. The van der Waals surface area contributed by atoms with Gasteiger partial charge in [0.1, 0.15) is 0 Å². The molecule has 1 aliphatic heterocycles. The number of hydrogen-bond acceptors (Lipinski definition) is 4. The molecular weight excluding hydrogens is 314 g/mol. The molecule has 0 bridgehead atoms. The highest BCUT2D eigenvalue weighted by Gasteiger charge is 2.26. The highest BCUT2D eigenvalue weighted by Crippen LogP contribution is 2.28. The Morgan fingerprint density at radius 1 is 1.30 bits per heavy atom. The molecule has 1 aromatic rings. The smallest absolute Gasteiger partial charge is 0.253 e. The van der Waals surface area contributed by atoms with E-state index in [0.717, 1.165) is 25.7 Å². The van der Waals surface area contributed by atoms with Crippen LogP contribution in [0.15, 0.2) is 29.2 Å². The van der Waals surface area contributed by atoms with Gasteiger partial charge in [0.2, 0.25) is 10.0 Å². The van der Waals surface area contributed by atoms with Gasteiger partial charge in [0.15, 0.2) is 0 Å². The van der Waals surface area contributed by atoms with E-state index in [1.807, 2.05) is 0 Å². The summed E-state index contributed by atoms with van der Waals surface area (Å²) >= 11 is 0. The maximum atomic E-state index is 12.6. The van der Waals surface area contributed by atoms with Crippen LogP contribution in [0.2, 0.25) is 0 Å². The van der Waals surface area contributed by atoms with Crippen molar-refractivity contribution in [2.45, 2.75) is 36.6 Å². The number of nitrogens with two attached hydrogens (primary N) is 1. The molecule has 126 valence electrons. The molecule has 0 aromatic heterocycles. The molecule has 1 heterocycles. The first-order chi connectivity index (χ1) is 11.0. The predicted molar refractivity (Wildman–Crippen MR) is 87.5 cm³/mol. The predicted octanol–water partition coefficient (Wildman–Crippen LogP) is 0.938. The number of nitrogens with zero attached hydrogens (tertiary/aromatic N) is 1. The minimum absolute atomic E-state index is 0.000163. The number of likely N-dealkylation sites (tertiary alicyclic amines) is 1. The van der Waals surface area contributed by atoms with E-state index in [9.17, 15) is 13.2 Å². The Kier molecular flexibility index (Phi) is 4.70. The van der Waals surface area contributed by atoms with Gasteiger partial charge in [-0.2, -0.15) is 0 Å². The molecule has 1 unspecified atom stereocenters. The number of rotatable bonds is 5. The lowest BCUT2D eigenvalue weighted by atomic mass is 10.1. The molecule has 3 N–H and O–H groups in total. The van der Waals surface area contributed by atoms with E-state index < -0.39 is 10.0 Å². The van der Waals surface area contributed by atoms with Crippen LogP contribution in [0.25, 0.3) is 0 Å². The fourth-order valence-corrected chi connectivity index (χ4v) is 3.97. The molecule has 1 aromatic carbocycles. The monoisotopic (exact) mass is 337 g/mol. The van der Waals surface area contributed by atoms with Crippen molar-refractivity contribution in [3.8, 4) is 0 Å². The molecule has 23 heavy (non-hydrogen) atoms. The zero-order valence-corrected chi connectivity index (χ0v) is 13.9. The summed E-state index contributed by atoms with van der Waals surface area (Å²) in [6, 6.07) is 6.25. The number of carbonyl (C=O) groups excluding carboxylic acids is 1. The molecule has 1 amide bonds. The lowest BCUT2D eigenvalue weighted by molar-refractivity contribution is 0.0708. The number of amides is 1. The number of hydrogen-bond donors (Lipinski definition) is 2. The molecule has 0 radical (unpaired) electrons. The van der Waals surface area contributed by atoms with Crippen LogP contribution < -0.4 is 10.5 Å². The van der Waals surface area contributed by atoms with Crippen LogP contribution in [0.3, 0.4) is 0 Å². The van der Waals surface area contributed by atoms with E-state index in [-0.39, 0.29) is 16.8 Å². The standard InChI is InChI=1S/C16H23N3O3S/c17-14-4-2-8-19(11-14)16(20)13-3-1-5-15(9-13)23(21,22)18-10-12-6-7-12/h1,3,5,9,12,14,18H,2,4,6-8,10-11,17H2.